The lowest BCUT2D eigenvalue weighted by atomic mass is 10.1. The Hall–Kier alpha value is -0.650. The number of hydrogen-bond donors (Lipinski definition) is 4. The Morgan fingerprint density at radius 2 is 2.00 bits per heavy atom. The number of carbonyl (C=O) groups is 1. The fraction of sp³-hybridized carbons (Fsp3) is 0.875. The van der Waals surface area contributed by atoms with Crippen molar-refractivity contribution in [1.29, 1.82) is 0 Å². The minimum Gasteiger partial charge on any atom is -0.394 e. The van der Waals surface area contributed by atoms with Crippen LogP contribution in [0.3, 0.4) is 0 Å². The summed E-state index contributed by atoms with van der Waals surface area (Å²) in [6, 6.07) is -0.558. The van der Waals surface area contributed by atoms with Crippen molar-refractivity contribution in [3.63, 3.8) is 0 Å². The van der Waals surface area contributed by atoms with Gasteiger partial charge in [-0.2, -0.15) is 0 Å². The minimum absolute atomic E-state index is 0.123. The van der Waals surface area contributed by atoms with Gasteiger partial charge in [-0.1, -0.05) is 6.92 Å². The van der Waals surface area contributed by atoms with Gasteiger partial charge in [0, 0.05) is 6.42 Å². The molecule has 0 heterocycles. The molecular weight excluding hydrogens is 172 g/mol. The summed E-state index contributed by atoms with van der Waals surface area (Å²) in [7, 11) is 0. The van der Waals surface area contributed by atoms with E-state index in [0.29, 0.717) is 13.0 Å². The zero-order valence-corrected chi connectivity index (χ0v) is 7.86. The van der Waals surface area contributed by atoms with Crippen molar-refractivity contribution in [2.45, 2.75) is 19.4 Å². The smallest absolute Gasteiger partial charge is 0.220 e. The van der Waals surface area contributed by atoms with Gasteiger partial charge in [0.2, 0.25) is 5.91 Å². The van der Waals surface area contributed by atoms with Gasteiger partial charge in [-0.3, -0.25) is 4.79 Å². The van der Waals surface area contributed by atoms with Gasteiger partial charge in [-0.25, -0.2) is 0 Å². The second kappa shape index (κ2) is 6.82. The third kappa shape index (κ3) is 5.57. The van der Waals surface area contributed by atoms with E-state index < -0.39 is 6.04 Å². The summed E-state index contributed by atoms with van der Waals surface area (Å²) in [6.45, 7) is 1.82. The van der Waals surface area contributed by atoms with Gasteiger partial charge in [0.05, 0.1) is 19.3 Å². The molecule has 0 spiro atoms. The highest BCUT2D eigenvalue weighted by Gasteiger charge is 2.12. The first-order valence-corrected chi connectivity index (χ1v) is 4.35. The number of aliphatic hydroxyl groups excluding tert-OH is 2. The van der Waals surface area contributed by atoms with Gasteiger partial charge < -0.3 is 21.3 Å². The predicted molar refractivity (Wildman–Crippen MR) is 48.9 cm³/mol. The lowest BCUT2D eigenvalue weighted by molar-refractivity contribution is -0.123. The highest BCUT2D eigenvalue weighted by molar-refractivity contribution is 5.76. The first-order chi connectivity index (χ1) is 6.13. The van der Waals surface area contributed by atoms with E-state index in [1.807, 2.05) is 6.92 Å². The zero-order chi connectivity index (χ0) is 10.3. The van der Waals surface area contributed by atoms with Crippen LogP contribution >= 0.6 is 0 Å². The third-order valence-electron chi connectivity index (χ3n) is 1.74. The van der Waals surface area contributed by atoms with Crippen molar-refractivity contribution in [2.75, 3.05) is 19.8 Å². The molecule has 5 N–H and O–H groups in total. The first kappa shape index (κ1) is 12.3. The van der Waals surface area contributed by atoms with Gasteiger partial charge in [0.25, 0.3) is 0 Å². The van der Waals surface area contributed by atoms with Crippen LogP contribution in [0.25, 0.3) is 0 Å². The Balaban J connectivity index is 3.72. The standard InChI is InChI=1S/C8H18N2O3/c1-6(3-9)2-8(13)10-7(4-11)5-12/h6-7,11-12H,2-5,9H2,1H3,(H,10,13). The molecule has 0 rings (SSSR count). The van der Waals surface area contributed by atoms with Gasteiger partial charge in [0.15, 0.2) is 0 Å². The minimum atomic E-state index is -0.558. The molecule has 1 unspecified atom stereocenters. The summed E-state index contributed by atoms with van der Waals surface area (Å²) in [6.07, 6.45) is 0.326. The van der Waals surface area contributed by atoms with Crippen LogP contribution in [0.4, 0.5) is 0 Å². The molecule has 13 heavy (non-hydrogen) atoms. The Morgan fingerprint density at radius 1 is 1.46 bits per heavy atom. The Kier molecular flexibility index (Phi) is 6.48. The predicted octanol–water partition coefficient (Wildman–Crippen LogP) is -1.56. The first-order valence-electron chi connectivity index (χ1n) is 4.35. The number of carbonyl (C=O) groups excluding carboxylic acids is 1. The normalized spacial score (nSPS) is 13.0. The molecule has 1 amide bonds. The molecule has 0 radical (unpaired) electrons. The van der Waals surface area contributed by atoms with Crippen molar-refractivity contribution in [3.05, 3.63) is 0 Å². The number of nitrogens with one attached hydrogen (secondary N) is 1. The van der Waals surface area contributed by atoms with Gasteiger partial charge in [0.1, 0.15) is 0 Å². The van der Waals surface area contributed by atoms with E-state index in [4.69, 9.17) is 15.9 Å². The van der Waals surface area contributed by atoms with Crippen molar-refractivity contribution >= 4 is 5.91 Å². The molecule has 1 atom stereocenters. The summed E-state index contributed by atoms with van der Waals surface area (Å²) >= 11 is 0. The van der Waals surface area contributed by atoms with E-state index in [1.165, 1.54) is 0 Å². The van der Waals surface area contributed by atoms with Crippen LogP contribution in [-0.4, -0.2) is 41.9 Å². The van der Waals surface area contributed by atoms with Crippen LogP contribution < -0.4 is 11.1 Å². The Morgan fingerprint density at radius 3 is 2.38 bits per heavy atom. The van der Waals surface area contributed by atoms with Crippen molar-refractivity contribution in [2.24, 2.45) is 11.7 Å². The molecule has 0 aromatic carbocycles. The lowest BCUT2D eigenvalue weighted by Crippen LogP contribution is -2.41. The molecular formula is C8H18N2O3. The molecule has 78 valence electrons. The molecule has 0 aromatic heterocycles. The van der Waals surface area contributed by atoms with E-state index in [1.54, 1.807) is 0 Å². The molecule has 0 bridgehead atoms. The SMILES string of the molecule is CC(CN)CC(=O)NC(CO)CO. The second-order valence-electron chi connectivity index (χ2n) is 3.17. The van der Waals surface area contributed by atoms with Crippen LogP contribution in [0.1, 0.15) is 13.3 Å². The average Bonchev–Trinajstić information content (AvgIpc) is 2.13. The molecule has 0 aliphatic carbocycles. The molecule has 5 nitrogen and oxygen atoms in total. The Bertz CT molecular complexity index is 148. The largest absolute Gasteiger partial charge is 0.394 e. The van der Waals surface area contributed by atoms with Crippen LogP contribution in [-0.2, 0) is 4.79 Å². The monoisotopic (exact) mass is 190 g/mol. The fourth-order valence-electron chi connectivity index (χ4n) is 0.835. The summed E-state index contributed by atoms with van der Waals surface area (Å²) in [5.41, 5.74) is 5.34. The van der Waals surface area contributed by atoms with Crippen LogP contribution in [0.5, 0.6) is 0 Å². The fourth-order valence-corrected chi connectivity index (χ4v) is 0.835. The lowest BCUT2D eigenvalue weighted by Gasteiger charge is -2.14. The van der Waals surface area contributed by atoms with Crippen molar-refractivity contribution < 1.29 is 15.0 Å². The molecule has 5 heteroatoms. The number of rotatable bonds is 6. The van der Waals surface area contributed by atoms with E-state index >= 15 is 0 Å². The van der Waals surface area contributed by atoms with Gasteiger partial charge >= 0.3 is 0 Å². The van der Waals surface area contributed by atoms with Crippen LogP contribution in [0.2, 0.25) is 0 Å². The maximum atomic E-state index is 11.2. The molecule has 0 aromatic rings. The van der Waals surface area contributed by atoms with Gasteiger partial charge in [-0.05, 0) is 12.5 Å². The highest BCUT2D eigenvalue weighted by Crippen LogP contribution is 1.98. The summed E-state index contributed by atoms with van der Waals surface area (Å²) in [5.74, 6) is -0.0657. The second-order valence-corrected chi connectivity index (χ2v) is 3.17. The Labute approximate surface area is 77.9 Å². The number of nitrogens with two attached hydrogens (primary N) is 1. The van der Waals surface area contributed by atoms with Crippen molar-refractivity contribution in [1.82, 2.24) is 5.32 Å². The quantitative estimate of drug-likeness (QED) is 0.407. The zero-order valence-electron chi connectivity index (χ0n) is 7.86. The molecule has 0 aliphatic rings. The maximum absolute atomic E-state index is 11.2. The van der Waals surface area contributed by atoms with Crippen molar-refractivity contribution in [3.8, 4) is 0 Å². The number of hydrogen-bond acceptors (Lipinski definition) is 4. The van der Waals surface area contributed by atoms with E-state index in [-0.39, 0.29) is 25.0 Å². The topological polar surface area (TPSA) is 95.6 Å². The summed E-state index contributed by atoms with van der Waals surface area (Å²) < 4.78 is 0. The van der Waals surface area contributed by atoms with Crippen LogP contribution in [0.15, 0.2) is 0 Å². The molecule has 0 aliphatic heterocycles. The summed E-state index contributed by atoms with van der Waals surface area (Å²) in [5, 5.41) is 19.8. The molecule has 0 fully saturated rings. The molecule has 0 saturated heterocycles. The van der Waals surface area contributed by atoms with Gasteiger partial charge in [-0.15, -0.1) is 0 Å². The van der Waals surface area contributed by atoms with Crippen LogP contribution in [0, 0.1) is 5.92 Å². The van der Waals surface area contributed by atoms with E-state index in [9.17, 15) is 4.79 Å². The van der Waals surface area contributed by atoms with E-state index in [0.717, 1.165) is 0 Å². The average molecular weight is 190 g/mol. The third-order valence-corrected chi connectivity index (χ3v) is 1.74. The van der Waals surface area contributed by atoms with E-state index in [2.05, 4.69) is 5.32 Å². The maximum Gasteiger partial charge on any atom is 0.220 e. The number of aliphatic hydroxyl groups is 2. The number of amides is 1. The summed E-state index contributed by atoms with van der Waals surface area (Å²) in [4.78, 5) is 11.2. The molecule has 0 saturated carbocycles. The highest BCUT2D eigenvalue weighted by atomic mass is 16.3.